The number of aliphatic hydroxyl groups excluding tert-OH is 1. The number of aryl methyl sites for hydroxylation is 1. The SMILES string of the molecule is Cc1nonc1C(=O)NC(C)C(O)c1ccccc1. The van der Waals surface area contributed by atoms with Crippen LogP contribution in [-0.4, -0.2) is 27.4 Å². The summed E-state index contributed by atoms with van der Waals surface area (Å²) in [6, 6.07) is 8.68. The van der Waals surface area contributed by atoms with E-state index in [2.05, 4.69) is 20.3 Å². The van der Waals surface area contributed by atoms with E-state index in [1.807, 2.05) is 18.2 Å². The molecule has 0 aliphatic rings. The van der Waals surface area contributed by atoms with Crippen LogP contribution in [0.1, 0.15) is 34.8 Å². The van der Waals surface area contributed by atoms with Crippen molar-refractivity contribution in [2.75, 3.05) is 0 Å². The molecule has 6 heteroatoms. The molecule has 1 aromatic carbocycles. The van der Waals surface area contributed by atoms with E-state index in [0.29, 0.717) is 5.69 Å². The molecular formula is C13H15N3O3. The fourth-order valence-corrected chi connectivity index (χ4v) is 1.73. The molecule has 1 amide bonds. The Morgan fingerprint density at radius 2 is 2.00 bits per heavy atom. The molecule has 2 N–H and O–H groups in total. The third-order valence-electron chi connectivity index (χ3n) is 2.84. The van der Waals surface area contributed by atoms with Crippen molar-refractivity contribution in [1.29, 1.82) is 0 Å². The zero-order valence-corrected chi connectivity index (χ0v) is 10.7. The summed E-state index contributed by atoms with van der Waals surface area (Å²) in [5, 5.41) is 19.9. The number of rotatable bonds is 4. The average Bonchev–Trinajstić information content (AvgIpc) is 2.85. The van der Waals surface area contributed by atoms with Gasteiger partial charge in [0.15, 0.2) is 5.69 Å². The number of nitrogens with zero attached hydrogens (tertiary/aromatic N) is 2. The number of hydrogen-bond acceptors (Lipinski definition) is 5. The van der Waals surface area contributed by atoms with Gasteiger partial charge in [0.25, 0.3) is 5.91 Å². The molecule has 2 unspecified atom stereocenters. The van der Waals surface area contributed by atoms with Crippen LogP contribution in [0.25, 0.3) is 0 Å². The van der Waals surface area contributed by atoms with Crippen molar-refractivity contribution < 1.29 is 14.5 Å². The Kier molecular flexibility index (Phi) is 3.91. The third-order valence-corrected chi connectivity index (χ3v) is 2.84. The Balaban J connectivity index is 2.03. The summed E-state index contributed by atoms with van der Waals surface area (Å²) < 4.78 is 4.47. The van der Waals surface area contributed by atoms with E-state index in [1.54, 1.807) is 26.0 Å². The monoisotopic (exact) mass is 261 g/mol. The number of aliphatic hydroxyl groups is 1. The van der Waals surface area contributed by atoms with Crippen molar-refractivity contribution in [1.82, 2.24) is 15.6 Å². The maximum atomic E-state index is 11.9. The molecule has 19 heavy (non-hydrogen) atoms. The number of hydrogen-bond donors (Lipinski definition) is 2. The Morgan fingerprint density at radius 3 is 2.58 bits per heavy atom. The van der Waals surface area contributed by atoms with Gasteiger partial charge in [-0.25, -0.2) is 4.63 Å². The van der Waals surface area contributed by atoms with E-state index in [1.165, 1.54) is 0 Å². The van der Waals surface area contributed by atoms with E-state index in [-0.39, 0.29) is 5.69 Å². The molecule has 0 radical (unpaired) electrons. The second kappa shape index (κ2) is 5.62. The van der Waals surface area contributed by atoms with E-state index < -0.39 is 18.1 Å². The lowest BCUT2D eigenvalue weighted by molar-refractivity contribution is 0.0842. The maximum absolute atomic E-state index is 11.9. The summed E-state index contributed by atoms with van der Waals surface area (Å²) in [6.45, 7) is 3.35. The van der Waals surface area contributed by atoms with E-state index >= 15 is 0 Å². The Hall–Kier alpha value is -2.21. The second-order valence-electron chi connectivity index (χ2n) is 4.32. The first-order valence-corrected chi connectivity index (χ1v) is 5.92. The number of carbonyl (C=O) groups excluding carboxylic acids is 1. The minimum absolute atomic E-state index is 0.132. The first-order valence-electron chi connectivity index (χ1n) is 5.92. The van der Waals surface area contributed by atoms with Crippen LogP contribution in [0.2, 0.25) is 0 Å². The van der Waals surface area contributed by atoms with Gasteiger partial charge in [0.2, 0.25) is 0 Å². The molecule has 0 saturated heterocycles. The van der Waals surface area contributed by atoms with Crippen LogP contribution in [-0.2, 0) is 0 Å². The maximum Gasteiger partial charge on any atom is 0.275 e. The summed E-state index contributed by atoms with van der Waals surface area (Å²) in [5.74, 6) is -0.416. The van der Waals surface area contributed by atoms with E-state index in [4.69, 9.17) is 0 Å². The molecule has 0 spiro atoms. The highest BCUT2D eigenvalue weighted by Crippen LogP contribution is 2.16. The van der Waals surface area contributed by atoms with Gasteiger partial charge >= 0.3 is 0 Å². The van der Waals surface area contributed by atoms with Crippen LogP contribution in [0.15, 0.2) is 35.0 Å². The normalized spacial score (nSPS) is 13.8. The van der Waals surface area contributed by atoms with Crippen LogP contribution >= 0.6 is 0 Å². The first-order chi connectivity index (χ1) is 9.09. The number of carbonyl (C=O) groups is 1. The molecule has 0 bridgehead atoms. The van der Waals surface area contributed by atoms with Crippen LogP contribution < -0.4 is 5.32 Å². The summed E-state index contributed by atoms with van der Waals surface area (Å²) in [6.07, 6.45) is -0.787. The largest absolute Gasteiger partial charge is 0.386 e. The molecule has 2 atom stereocenters. The fraction of sp³-hybridized carbons (Fsp3) is 0.308. The van der Waals surface area contributed by atoms with Crippen LogP contribution in [0.4, 0.5) is 0 Å². The average molecular weight is 261 g/mol. The van der Waals surface area contributed by atoms with Crippen molar-refractivity contribution in [2.24, 2.45) is 0 Å². The summed E-state index contributed by atoms with van der Waals surface area (Å²) in [4.78, 5) is 11.9. The standard InChI is InChI=1S/C13H15N3O3/c1-8-11(16-19-15-8)13(18)14-9(2)12(17)10-6-4-3-5-7-10/h3-7,9,12,17H,1-2H3,(H,14,18). The van der Waals surface area contributed by atoms with Gasteiger partial charge in [-0.05, 0) is 24.6 Å². The molecular weight excluding hydrogens is 246 g/mol. The van der Waals surface area contributed by atoms with Crippen molar-refractivity contribution in [3.05, 3.63) is 47.3 Å². The lowest BCUT2D eigenvalue weighted by Crippen LogP contribution is -2.37. The van der Waals surface area contributed by atoms with Gasteiger partial charge in [-0.3, -0.25) is 4.79 Å². The number of nitrogens with one attached hydrogen (secondary N) is 1. The van der Waals surface area contributed by atoms with Gasteiger partial charge in [-0.1, -0.05) is 35.5 Å². The zero-order chi connectivity index (χ0) is 13.8. The molecule has 0 saturated carbocycles. The highest BCUT2D eigenvalue weighted by Gasteiger charge is 2.22. The molecule has 100 valence electrons. The van der Waals surface area contributed by atoms with Crippen LogP contribution in [0, 0.1) is 6.92 Å². The van der Waals surface area contributed by atoms with Gasteiger partial charge in [-0.2, -0.15) is 0 Å². The van der Waals surface area contributed by atoms with E-state index in [0.717, 1.165) is 5.56 Å². The second-order valence-corrected chi connectivity index (χ2v) is 4.32. The molecule has 0 fully saturated rings. The first kappa shape index (κ1) is 13.2. The topological polar surface area (TPSA) is 88.2 Å². The van der Waals surface area contributed by atoms with Gasteiger partial charge in [0.1, 0.15) is 5.69 Å². The van der Waals surface area contributed by atoms with Gasteiger partial charge in [0, 0.05) is 0 Å². The predicted molar refractivity (Wildman–Crippen MR) is 67.4 cm³/mol. The third kappa shape index (κ3) is 2.97. The minimum atomic E-state index is -0.787. The Bertz CT molecular complexity index is 553. The van der Waals surface area contributed by atoms with Gasteiger partial charge < -0.3 is 10.4 Å². The molecule has 1 aromatic heterocycles. The van der Waals surface area contributed by atoms with Crippen molar-refractivity contribution >= 4 is 5.91 Å². The number of amides is 1. The Labute approximate surface area is 110 Å². The molecule has 6 nitrogen and oxygen atoms in total. The fourth-order valence-electron chi connectivity index (χ4n) is 1.73. The lowest BCUT2D eigenvalue weighted by atomic mass is 10.0. The molecule has 0 aliphatic heterocycles. The predicted octanol–water partition coefficient (Wildman–Crippen LogP) is 1.23. The molecule has 2 rings (SSSR count). The molecule has 2 aromatic rings. The smallest absolute Gasteiger partial charge is 0.275 e. The van der Waals surface area contributed by atoms with Crippen molar-refractivity contribution in [3.63, 3.8) is 0 Å². The van der Waals surface area contributed by atoms with Crippen LogP contribution in [0.5, 0.6) is 0 Å². The lowest BCUT2D eigenvalue weighted by Gasteiger charge is -2.20. The van der Waals surface area contributed by atoms with E-state index in [9.17, 15) is 9.90 Å². The zero-order valence-electron chi connectivity index (χ0n) is 10.7. The molecule has 0 aliphatic carbocycles. The minimum Gasteiger partial charge on any atom is -0.386 e. The summed E-state index contributed by atoms with van der Waals surface area (Å²) >= 11 is 0. The Morgan fingerprint density at radius 1 is 1.32 bits per heavy atom. The number of aromatic nitrogens is 2. The van der Waals surface area contributed by atoms with Crippen LogP contribution in [0.3, 0.4) is 0 Å². The number of benzene rings is 1. The van der Waals surface area contributed by atoms with Crippen molar-refractivity contribution in [3.8, 4) is 0 Å². The highest BCUT2D eigenvalue weighted by molar-refractivity contribution is 5.93. The van der Waals surface area contributed by atoms with Gasteiger partial charge in [-0.15, -0.1) is 0 Å². The van der Waals surface area contributed by atoms with Gasteiger partial charge in [0.05, 0.1) is 12.1 Å². The van der Waals surface area contributed by atoms with Crippen molar-refractivity contribution in [2.45, 2.75) is 26.0 Å². The quantitative estimate of drug-likeness (QED) is 0.864. The highest BCUT2D eigenvalue weighted by atomic mass is 16.6. The summed E-state index contributed by atoms with van der Waals surface area (Å²) in [5.41, 5.74) is 1.29. The molecule has 1 heterocycles. The summed E-state index contributed by atoms with van der Waals surface area (Å²) in [7, 11) is 0.